The molecule has 1 atom stereocenters. The zero-order chi connectivity index (χ0) is 19.6. The van der Waals surface area contributed by atoms with E-state index >= 15 is 0 Å². The highest BCUT2D eigenvalue weighted by molar-refractivity contribution is 5.98. The number of benzene rings is 1. The average Bonchev–Trinajstić information content (AvgIpc) is 2.81. The first kappa shape index (κ1) is 18.9. The third-order valence-electron chi connectivity index (χ3n) is 5.17. The van der Waals surface area contributed by atoms with Crippen LogP contribution in [0.15, 0.2) is 28.7 Å². The maximum absolute atomic E-state index is 13.0. The van der Waals surface area contributed by atoms with Gasteiger partial charge in [0.05, 0.1) is 0 Å². The SMILES string of the molecule is CC(=O)N(CC(=O)O)C1CCCN(C(=O)c2oc3ccccc3c2C)CC1. The Morgan fingerprint density at radius 1 is 1.22 bits per heavy atom. The van der Waals surface area contributed by atoms with Gasteiger partial charge < -0.3 is 19.3 Å². The van der Waals surface area contributed by atoms with Crippen molar-refractivity contribution >= 4 is 28.8 Å². The second-order valence-electron chi connectivity index (χ2n) is 6.97. The molecule has 0 saturated carbocycles. The van der Waals surface area contributed by atoms with Gasteiger partial charge in [-0.05, 0) is 32.3 Å². The summed E-state index contributed by atoms with van der Waals surface area (Å²) in [6.07, 6.45) is 1.94. The summed E-state index contributed by atoms with van der Waals surface area (Å²) in [7, 11) is 0. The van der Waals surface area contributed by atoms with E-state index in [1.165, 1.54) is 11.8 Å². The third-order valence-corrected chi connectivity index (χ3v) is 5.17. The summed E-state index contributed by atoms with van der Waals surface area (Å²) < 4.78 is 5.79. The van der Waals surface area contributed by atoms with Crippen molar-refractivity contribution in [1.82, 2.24) is 9.80 Å². The van der Waals surface area contributed by atoms with E-state index in [2.05, 4.69) is 0 Å². The Bertz CT molecular complexity index is 872. The lowest BCUT2D eigenvalue weighted by Crippen LogP contribution is -2.43. The summed E-state index contributed by atoms with van der Waals surface area (Å²) in [5.74, 6) is -1.09. The number of rotatable bonds is 4. The van der Waals surface area contributed by atoms with E-state index in [0.29, 0.717) is 43.7 Å². The zero-order valence-electron chi connectivity index (χ0n) is 15.6. The number of aryl methyl sites for hydroxylation is 1. The average molecular weight is 372 g/mol. The van der Waals surface area contributed by atoms with Crippen LogP contribution in [-0.2, 0) is 9.59 Å². The number of para-hydroxylation sites is 1. The predicted octanol–water partition coefficient (Wildman–Crippen LogP) is 2.67. The summed E-state index contributed by atoms with van der Waals surface area (Å²) in [4.78, 5) is 39.0. The summed E-state index contributed by atoms with van der Waals surface area (Å²) in [6, 6.07) is 7.38. The van der Waals surface area contributed by atoms with E-state index in [0.717, 1.165) is 10.9 Å². The molecule has 1 fully saturated rings. The van der Waals surface area contributed by atoms with Gasteiger partial charge in [0.2, 0.25) is 5.91 Å². The smallest absolute Gasteiger partial charge is 0.323 e. The van der Waals surface area contributed by atoms with Crippen molar-refractivity contribution in [3.63, 3.8) is 0 Å². The van der Waals surface area contributed by atoms with E-state index in [4.69, 9.17) is 9.52 Å². The van der Waals surface area contributed by atoms with E-state index in [1.807, 2.05) is 31.2 Å². The van der Waals surface area contributed by atoms with Crippen LogP contribution in [0.2, 0.25) is 0 Å². The van der Waals surface area contributed by atoms with E-state index < -0.39 is 5.97 Å². The Labute approximate surface area is 157 Å². The first-order valence-corrected chi connectivity index (χ1v) is 9.15. The predicted molar refractivity (Wildman–Crippen MR) is 99.5 cm³/mol. The Hall–Kier alpha value is -2.83. The Kier molecular flexibility index (Phi) is 5.48. The number of aliphatic carboxylic acids is 1. The first-order valence-electron chi connectivity index (χ1n) is 9.15. The molecule has 7 heteroatoms. The van der Waals surface area contributed by atoms with Gasteiger partial charge in [-0.25, -0.2) is 0 Å². The molecule has 0 spiro atoms. The van der Waals surface area contributed by atoms with Crippen molar-refractivity contribution in [1.29, 1.82) is 0 Å². The van der Waals surface area contributed by atoms with Gasteiger partial charge in [-0.15, -0.1) is 0 Å². The minimum atomic E-state index is -1.03. The maximum atomic E-state index is 13.0. The number of amides is 2. The molecular formula is C20H24N2O5. The molecule has 0 bridgehead atoms. The summed E-state index contributed by atoms with van der Waals surface area (Å²) in [5.41, 5.74) is 1.52. The summed E-state index contributed by atoms with van der Waals surface area (Å²) in [5, 5.41) is 9.98. The van der Waals surface area contributed by atoms with Gasteiger partial charge in [0, 0.05) is 37.0 Å². The molecule has 1 aliphatic rings. The lowest BCUT2D eigenvalue weighted by molar-refractivity contribution is -0.145. The Morgan fingerprint density at radius 2 is 1.96 bits per heavy atom. The molecule has 1 saturated heterocycles. The number of likely N-dealkylation sites (tertiary alicyclic amines) is 1. The van der Waals surface area contributed by atoms with Crippen LogP contribution >= 0.6 is 0 Å². The molecule has 2 heterocycles. The molecule has 1 aliphatic heterocycles. The number of carbonyl (C=O) groups excluding carboxylic acids is 2. The molecule has 1 aromatic heterocycles. The van der Waals surface area contributed by atoms with Crippen molar-refractivity contribution in [3.8, 4) is 0 Å². The topological polar surface area (TPSA) is 91.1 Å². The molecule has 3 rings (SSSR count). The highest BCUT2D eigenvalue weighted by atomic mass is 16.4. The Balaban J connectivity index is 1.75. The number of carboxylic acids is 1. The standard InChI is InChI=1S/C20H24N2O5/c1-13-16-7-3-4-8-17(16)27-19(13)20(26)21-10-5-6-15(9-11-21)22(14(2)23)12-18(24)25/h3-4,7-8,15H,5-6,9-12H2,1-2H3,(H,24,25). The molecular weight excluding hydrogens is 348 g/mol. The fraction of sp³-hybridized carbons (Fsp3) is 0.450. The number of hydrogen-bond donors (Lipinski definition) is 1. The number of carboxylic acid groups (broad SMARTS) is 1. The van der Waals surface area contributed by atoms with Crippen LogP contribution in [0.25, 0.3) is 11.0 Å². The van der Waals surface area contributed by atoms with Crippen LogP contribution in [0, 0.1) is 6.92 Å². The molecule has 1 unspecified atom stereocenters. The van der Waals surface area contributed by atoms with Crippen molar-refractivity contribution in [2.45, 2.75) is 39.2 Å². The van der Waals surface area contributed by atoms with E-state index in [-0.39, 0.29) is 24.4 Å². The monoisotopic (exact) mass is 372 g/mol. The van der Waals surface area contributed by atoms with Crippen LogP contribution < -0.4 is 0 Å². The second-order valence-corrected chi connectivity index (χ2v) is 6.97. The lowest BCUT2D eigenvalue weighted by Gasteiger charge is -2.28. The third kappa shape index (κ3) is 3.97. The van der Waals surface area contributed by atoms with Gasteiger partial charge >= 0.3 is 5.97 Å². The van der Waals surface area contributed by atoms with Crippen LogP contribution in [0.3, 0.4) is 0 Å². The van der Waals surface area contributed by atoms with E-state index in [1.54, 1.807) is 4.90 Å². The maximum Gasteiger partial charge on any atom is 0.323 e. The molecule has 7 nitrogen and oxygen atoms in total. The van der Waals surface area contributed by atoms with Crippen LogP contribution in [0.1, 0.15) is 42.3 Å². The molecule has 1 N–H and O–H groups in total. The summed E-state index contributed by atoms with van der Waals surface area (Å²) >= 11 is 0. The van der Waals surface area contributed by atoms with Crippen molar-refractivity contribution in [3.05, 3.63) is 35.6 Å². The van der Waals surface area contributed by atoms with Crippen LogP contribution in [0.5, 0.6) is 0 Å². The van der Waals surface area contributed by atoms with Crippen LogP contribution in [0.4, 0.5) is 0 Å². The number of fused-ring (bicyclic) bond motifs is 1. The highest BCUT2D eigenvalue weighted by Gasteiger charge is 2.29. The molecule has 0 radical (unpaired) electrons. The van der Waals surface area contributed by atoms with Gasteiger partial charge in [-0.1, -0.05) is 18.2 Å². The minimum Gasteiger partial charge on any atom is -0.480 e. The minimum absolute atomic E-state index is 0.156. The molecule has 1 aromatic carbocycles. The molecule has 2 aromatic rings. The fourth-order valence-electron chi connectivity index (χ4n) is 3.76. The van der Waals surface area contributed by atoms with Gasteiger partial charge in [0.25, 0.3) is 5.91 Å². The van der Waals surface area contributed by atoms with Gasteiger partial charge in [-0.2, -0.15) is 0 Å². The summed E-state index contributed by atoms with van der Waals surface area (Å²) in [6.45, 7) is 3.98. The molecule has 0 aliphatic carbocycles. The molecule has 144 valence electrons. The van der Waals surface area contributed by atoms with Gasteiger partial charge in [-0.3, -0.25) is 14.4 Å². The lowest BCUT2D eigenvalue weighted by atomic mass is 10.1. The zero-order valence-corrected chi connectivity index (χ0v) is 15.6. The van der Waals surface area contributed by atoms with Gasteiger partial charge in [0.1, 0.15) is 12.1 Å². The van der Waals surface area contributed by atoms with Crippen molar-refractivity contribution in [2.75, 3.05) is 19.6 Å². The molecule has 27 heavy (non-hydrogen) atoms. The molecule has 2 amide bonds. The Morgan fingerprint density at radius 3 is 2.63 bits per heavy atom. The number of nitrogens with zero attached hydrogens (tertiary/aromatic N) is 2. The van der Waals surface area contributed by atoms with E-state index in [9.17, 15) is 14.4 Å². The first-order chi connectivity index (χ1) is 12.9. The van der Waals surface area contributed by atoms with Crippen LogP contribution in [-0.4, -0.2) is 58.4 Å². The van der Waals surface area contributed by atoms with Crippen molar-refractivity contribution in [2.24, 2.45) is 0 Å². The number of furan rings is 1. The van der Waals surface area contributed by atoms with Crippen molar-refractivity contribution < 1.29 is 23.9 Å². The largest absolute Gasteiger partial charge is 0.480 e. The second kappa shape index (κ2) is 7.82. The normalized spacial score (nSPS) is 17.6. The highest BCUT2D eigenvalue weighted by Crippen LogP contribution is 2.27. The number of carbonyl (C=O) groups is 3. The van der Waals surface area contributed by atoms with Gasteiger partial charge in [0.15, 0.2) is 5.76 Å². The fourth-order valence-corrected chi connectivity index (χ4v) is 3.76. The quantitative estimate of drug-likeness (QED) is 0.891. The number of hydrogen-bond acceptors (Lipinski definition) is 4.